The molecule has 3 rings (SSSR count). The van der Waals surface area contributed by atoms with Gasteiger partial charge in [0.25, 0.3) is 5.91 Å². The van der Waals surface area contributed by atoms with Crippen LogP contribution in [0.3, 0.4) is 0 Å². The predicted octanol–water partition coefficient (Wildman–Crippen LogP) is 4.47. The molecule has 0 fully saturated rings. The Labute approximate surface area is 157 Å². The minimum atomic E-state index is -0.372. The van der Waals surface area contributed by atoms with Gasteiger partial charge >= 0.3 is 0 Å². The number of nitrogens with zero attached hydrogens (tertiary/aromatic N) is 1. The van der Waals surface area contributed by atoms with Gasteiger partial charge < -0.3 is 9.88 Å². The Morgan fingerprint density at radius 1 is 1.19 bits per heavy atom. The molecule has 0 radical (unpaired) electrons. The van der Waals surface area contributed by atoms with Gasteiger partial charge in [0.2, 0.25) is 5.43 Å². The van der Waals surface area contributed by atoms with E-state index in [1.807, 2.05) is 55.7 Å². The molecule has 3 aromatic rings. The number of rotatable bonds is 4. The van der Waals surface area contributed by atoms with Crippen LogP contribution in [0.1, 0.15) is 41.4 Å². The lowest BCUT2D eigenvalue weighted by Gasteiger charge is -2.16. The lowest BCUT2D eigenvalue weighted by Crippen LogP contribution is -2.31. The zero-order chi connectivity index (χ0) is 18.8. The van der Waals surface area contributed by atoms with Gasteiger partial charge in [0.05, 0.1) is 11.6 Å². The fraction of sp³-hybridized carbons (Fsp3) is 0.238. The summed E-state index contributed by atoms with van der Waals surface area (Å²) in [4.78, 5) is 25.6. The van der Waals surface area contributed by atoms with Gasteiger partial charge in [0, 0.05) is 23.2 Å². The highest BCUT2D eigenvalue weighted by molar-refractivity contribution is 6.30. The molecule has 1 aromatic heterocycles. The van der Waals surface area contributed by atoms with E-state index in [0.717, 1.165) is 16.6 Å². The third-order valence-corrected chi connectivity index (χ3v) is 4.79. The van der Waals surface area contributed by atoms with Crippen molar-refractivity contribution in [2.45, 2.75) is 33.4 Å². The topological polar surface area (TPSA) is 51.1 Å². The molecule has 1 atom stereocenters. The predicted molar refractivity (Wildman–Crippen MR) is 106 cm³/mol. The Bertz CT molecular complexity index is 1020. The summed E-state index contributed by atoms with van der Waals surface area (Å²) >= 11 is 5.91. The molecule has 2 aromatic carbocycles. The summed E-state index contributed by atoms with van der Waals surface area (Å²) < 4.78 is 1.93. The van der Waals surface area contributed by atoms with Gasteiger partial charge in [-0.05, 0) is 50.6 Å². The summed E-state index contributed by atoms with van der Waals surface area (Å²) in [7, 11) is 0. The average Bonchev–Trinajstić information content (AvgIpc) is 2.62. The number of carbonyl (C=O) groups excluding carboxylic acids is 1. The minimum absolute atomic E-state index is 0.158. The van der Waals surface area contributed by atoms with Crippen LogP contribution in [0.4, 0.5) is 0 Å². The number of aromatic nitrogens is 1. The van der Waals surface area contributed by atoms with Crippen LogP contribution in [-0.2, 0) is 6.54 Å². The molecule has 5 heteroatoms. The molecule has 0 bridgehead atoms. The second-order valence-corrected chi connectivity index (χ2v) is 6.86. The molecule has 1 amide bonds. The number of amides is 1. The highest BCUT2D eigenvalue weighted by Crippen LogP contribution is 2.18. The molecule has 1 heterocycles. The zero-order valence-electron chi connectivity index (χ0n) is 15.0. The molecule has 26 heavy (non-hydrogen) atoms. The van der Waals surface area contributed by atoms with Crippen molar-refractivity contribution in [3.63, 3.8) is 0 Å². The Hall–Kier alpha value is -2.59. The Morgan fingerprint density at radius 3 is 2.54 bits per heavy atom. The minimum Gasteiger partial charge on any atom is -0.347 e. The van der Waals surface area contributed by atoms with Crippen LogP contribution in [-0.4, -0.2) is 10.5 Å². The second kappa shape index (κ2) is 7.34. The van der Waals surface area contributed by atoms with Crippen molar-refractivity contribution in [2.75, 3.05) is 0 Å². The van der Waals surface area contributed by atoms with Gasteiger partial charge in [0.1, 0.15) is 5.56 Å². The Balaban J connectivity index is 1.98. The first-order chi connectivity index (χ1) is 12.4. The van der Waals surface area contributed by atoms with Crippen molar-refractivity contribution in [3.05, 3.63) is 80.6 Å². The highest BCUT2D eigenvalue weighted by atomic mass is 35.5. The molecule has 0 aliphatic rings. The number of hydrogen-bond donors (Lipinski definition) is 1. The van der Waals surface area contributed by atoms with E-state index in [2.05, 4.69) is 5.32 Å². The number of carbonyl (C=O) groups is 1. The van der Waals surface area contributed by atoms with E-state index in [0.29, 0.717) is 17.0 Å². The fourth-order valence-electron chi connectivity index (χ4n) is 3.04. The van der Waals surface area contributed by atoms with Crippen molar-refractivity contribution in [2.24, 2.45) is 0 Å². The monoisotopic (exact) mass is 368 g/mol. The highest BCUT2D eigenvalue weighted by Gasteiger charge is 2.17. The molecule has 134 valence electrons. The first kappa shape index (κ1) is 18.2. The number of halogens is 1. The number of pyridine rings is 1. The maximum atomic E-state index is 12.9. The molecule has 0 spiro atoms. The molecule has 1 N–H and O–H groups in total. The molecule has 0 saturated heterocycles. The third kappa shape index (κ3) is 3.51. The van der Waals surface area contributed by atoms with Gasteiger partial charge in [-0.25, -0.2) is 0 Å². The largest absolute Gasteiger partial charge is 0.347 e. The summed E-state index contributed by atoms with van der Waals surface area (Å²) in [6.07, 6.45) is 1.64. The molecule has 0 aliphatic heterocycles. The van der Waals surface area contributed by atoms with E-state index in [4.69, 9.17) is 11.6 Å². The van der Waals surface area contributed by atoms with Crippen molar-refractivity contribution >= 4 is 28.4 Å². The van der Waals surface area contributed by atoms with Crippen LogP contribution in [0, 0.1) is 6.92 Å². The first-order valence-corrected chi connectivity index (χ1v) is 8.98. The van der Waals surface area contributed by atoms with Crippen LogP contribution >= 0.6 is 11.6 Å². The summed E-state index contributed by atoms with van der Waals surface area (Å²) in [5.74, 6) is -0.372. The average molecular weight is 369 g/mol. The first-order valence-electron chi connectivity index (χ1n) is 8.61. The number of benzene rings is 2. The van der Waals surface area contributed by atoms with E-state index in [-0.39, 0.29) is 22.9 Å². The number of aryl methyl sites for hydroxylation is 2. The summed E-state index contributed by atoms with van der Waals surface area (Å²) in [5, 5.41) is 4.12. The van der Waals surface area contributed by atoms with Crippen LogP contribution in [0.2, 0.25) is 5.02 Å². The van der Waals surface area contributed by atoms with Crippen LogP contribution in [0.25, 0.3) is 10.9 Å². The number of hydrogen-bond acceptors (Lipinski definition) is 2. The molecule has 0 aliphatic carbocycles. The Morgan fingerprint density at radius 2 is 1.88 bits per heavy atom. The zero-order valence-corrected chi connectivity index (χ0v) is 15.8. The summed E-state index contributed by atoms with van der Waals surface area (Å²) in [6.45, 7) is 6.48. The van der Waals surface area contributed by atoms with Gasteiger partial charge in [-0.15, -0.1) is 0 Å². The van der Waals surface area contributed by atoms with Crippen LogP contribution in [0.5, 0.6) is 0 Å². The SMILES string of the molecule is CCn1cc(C(=O)NC(C)c2ccc(Cl)cc2)c(=O)c2cc(C)ccc21. The van der Waals surface area contributed by atoms with Crippen LogP contribution < -0.4 is 10.7 Å². The van der Waals surface area contributed by atoms with Crippen LogP contribution in [0.15, 0.2) is 53.5 Å². The fourth-order valence-corrected chi connectivity index (χ4v) is 3.17. The van der Waals surface area contributed by atoms with E-state index in [1.165, 1.54) is 0 Å². The van der Waals surface area contributed by atoms with Gasteiger partial charge in [-0.2, -0.15) is 0 Å². The molecule has 1 unspecified atom stereocenters. The maximum Gasteiger partial charge on any atom is 0.257 e. The Kier molecular flexibility index (Phi) is 5.14. The molecular formula is C21H21ClN2O2. The van der Waals surface area contributed by atoms with E-state index >= 15 is 0 Å². The molecular weight excluding hydrogens is 348 g/mol. The maximum absolute atomic E-state index is 12.9. The second-order valence-electron chi connectivity index (χ2n) is 6.43. The standard InChI is InChI=1S/C21H21ClN2O2/c1-4-24-12-18(20(25)17-11-13(2)5-10-19(17)24)21(26)23-14(3)15-6-8-16(22)9-7-15/h5-12,14H,4H2,1-3H3,(H,23,26). The number of fused-ring (bicyclic) bond motifs is 1. The lowest BCUT2D eigenvalue weighted by atomic mass is 10.1. The molecule has 0 saturated carbocycles. The van der Waals surface area contributed by atoms with Crippen molar-refractivity contribution < 1.29 is 4.79 Å². The quantitative estimate of drug-likeness (QED) is 0.738. The van der Waals surface area contributed by atoms with E-state index in [9.17, 15) is 9.59 Å². The van der Waals surface area contributed by atoms with Crippen molar-refractivity contribution in [1.82, 2.24) is 9.88 Å². The van der Waals surface area contributed by atoms with Crippen molar-refractivity contribution in [1.29, 1.82) is 0 Å². The van der Waals surface area contributed by atoms with Gasteiger partial charge in [-0.3, -0.25) is 9.59 Å². The van der Waals surface area contributed by atoms with Crippen molar-refractivity contribution in [3.8, 4) is 0 Å². The van der Waals surface area contributed by atoms with E-state index < -0.39 is 0 Å². The van der Waals surface area contributed by atoms with Gasteiger partial charge in [-0.1, -0.05) is 35.4 Å². The van der Waals surface area contributed by atoms with E-state index in [1.54, 1.807) is 18.3 Å². The van der Waals surface area contributed by atoms with Gasteiger partial charge in [0.15, 0.2) is 0 Å². The smallest absolute Gasteiger partial charge is 0.257 e. The molecule has 4 nitrogen and oxygen atoms in total. The summed E-state index contributed by atoms with van der Waals surface area (Å²) in [6, 6.07) is 12.8. The summed E-state index contributed by atoms with van der Waals surface area (Å²) in [5.41, 5.74) is 2.67. The normalized spacial score (nSPS) is 12.2. The third-order valence-electron chi connectivity index (χ3n) is 4.54. The lowest BCUT2D eigenvalue weighted by molar-refractivity contribution is 0.0938. The number of nitrogens with one attached hydrogen (secondary N) is 1.